The summed E-state index contributed by atoms with van der Waals surface area (Å²) in [6.45, 7) is -0.139. The molecule has 0 aliphatic carbocycles. The van der Waals surface area contributed by atoms with Crippen molar-refractivity contribution in [3.05, 3.63) is 23.9 Å². The van der Waals surface area contributed by atoms with Crippen LogP contribution in [0.3, 0.4) is 0 Å². The summed E-state index contributed by atoms with van der Waals surface area (Å²) in [5, 5.41) is 8.86. The van der Waals surface area contributed by atoms with Gasteiger partial charge in [0.25, 0.3) is 10.0 Å². The van der Waals surface area contributed by atoms with Crippen molar-refractivity contribution in [2.45, 2.75) is 24.1 Å². The molecule has 7 heteroatoms. The number of hydrogen-bond donors (Lipinski definition) is 2. The smallest absolute Gasteiger partial charge is 0.258 e. The predicted octanol–water partition coefficient (Wildman–Crippen LogP) is 0.358. The van der Waals surface area contributed by atoms with Gasteiger partial charge in [-0.2, -0.15) is 11.8 Å². The molecule has 2 N–H and O–H groups in total. The first-order valence-electron chi connectivity index (χ1n) is 5.28. The number of thioether (sulfide) groups is 1. The summed E-state index contributed by atoms with van der Waals surface area (Å²) in [6.07, 6.45) is 2.23. The third kappa shape index (κ3) is 3.19. The molecular weight excluding hydrogens is 260 g/mol. The Hall–Kier alpha value is -0.630. The number of hydrogen-bond acceptors (Lipinski definition) is 5. The molecule has 1 fully saturated rings. The average molecular weight is 274 g/mol. The Kier molecular flexibility index (Phi) is 4.03. The van der Waals surface area contributed by atoms with Crippen LogP contribution in [0.2, 0.25) is 0 Å². The van der Waals surface area contributed by atoms with E-state index in [2.05, 4.69) is 9.71 Å². The zero-order valence-electron chi connectivity index (χ0n) is 9.17. The van der Waals surface area contributed by atoms with Gasteiger partial charge in [-0.3, -0.25) is 0 Å². The molecule has 1 aromatic rings. The van der Waals surface area contributed by atoms with Crippen LogP contribution in [0.5, 0.6) is 0 Å². The third-order valence-corrected chi connectivity index (χ3v) is 5.11. The topological polar surface area (TPSA) is 79.3 Å². The van der Waals surface area contributed by atoms with E-state index in [1.54, 1.807) is 17.8 Å². The quantitative estimate of drug-likeness (QED) is 0.828. The Morgan fingerprint density at radius 2 is 2.35 bits per heavy atom. The normalized spacial score (nSPS) is 20.6. The van der Waals surface area contributed by atoms with Crippen molar-refractivity contribution in [1.82, 2.24) is 9.71 Å². The van der Waals surface area contributed by atoms with Crippen molar-refractivity contribution in [3.8, 4) is 0 Å². The molecule has 0 aromatic carbocycles. The van der Waals surface area contributed by atoms with Crippen LogP contribution in [-0.2, 0) is 16.6 Å². The number of nitrogens with one attached hydrogen (secondary N) is 1. The predicted molar refractivity (Wildman–Crippen MR) is 66.2 cm³/mol. The van der Waals surface area contributed by atoms with E-state index in [4.69, 9.17) is 5.11 Å². The number of sulfonamides is 1. The van der Waals surface area contributed by atoms with E-state index in [1.807, 2.05) is 0 Å². The molecule has 1 aliphatic rings. The van der Waals surface area contributed by atoms with Gasteiger partial charge in [0, 0.05) is 18.0 Å². The Balaban J connectivity index is 2.12. The molecule has 0 radical (unpaired) electrons. The second-order valence-corrected chi connectivity index (χ2v) is 6.66. The highest BCUT2D eigenvalue weighted by Gasteiger charge is 2.23. The van der Waals surface area contributed by atoms with Crippen molar-refractivity contribution in [3.63, 3.8) is 0 Å². The maximum Gasteiger partial charge on any atom is 0.258 e. The van der Waals surface area contributed by atoms with Gasteiger partial charge < -0.3 is 5.11 Å². The van der Waals surface area contributed by atoms with Crippen LogP contribution in [0.25, 0.3) is 0 Å². The Morgan fingerprint density at radius 1 is 1.53 bits per heavy atom. The highest BCUT2D eigenvalue weighted by molar-refractivity contribution is 7.99. The average Bonchev–Trinajstić information content (AvgIpc) is 2.81. The standard InChI is InChI=1S/C10H14N2O3S2/c13-6-8-1-2-10(11-5-8)17(14,15)12-9-3-4-16-7-9/h1-2,5,9,12-13H,3-4,6-7H2. The van der Waals surface area contributed by atoms with Gasteiger partial charge >= 0.3 is 0 Å². The second kappa shape index (κ2) is 5.34. The molecule has 2 heterocycles. The van der Waals surface area contributed by atoms with Gasteiger partial charge in [-0.25, -0.2) is 18.1 Å². The second-order valence-electron chi connectivity index (χ2n) is 3.84. The van der Waals surface area contributed by atoms with Gasteiger partial charge in [-0.1, -0.05) is 6.07 Å². The Morgan fingerprint density at radius 3 is 2.88 bits per heavy atom. The molecule has 1 atom stereocenters. The minimum atomic E-state index is -3.52. The molecule has 2 rings (SSSR count). The summed E-state index contributed by atoms with van der Waals surface area (Å²) in [7, 11) is -3.52. The van der Waals surface area contributed by atoms with E-state index >= 15 is 0 Å². The van der Waals surface area contributed by atoms with Crippen molar-refractivity contribution in [2.75, 3.05) is 11.5 Å². The number of aromatic nitrogens is 1. The maximum absolute atomic E-state index is 11.9. The van der Waals surface area contributed by atoms with E-state index < -0.39 is 10.0 Å². The van der Waals surface area contributed by atoms with Crippen molar-refractivity contribution in [2.24, 2.45) is 0 Å². The first kappa shape index (κ1) is 12.8. The van der Waals surface area contributed by atoms with Gasteiger partial charge in [0.2, 0.25) is 0 Å². The molecule has 0 saturated carbocycles. The number of aliphatic hydroxyl groups is 1. The van der Waals surface area contributed by atoms with Gasteiger partial charge in [-0.05, 0) is 23.8 Å². The van der Waals surface area contributed by atoms with E-state index in [0.29, 0.717) is 5.56 Å². The highest BCUT2D eigenvalue weighted by atomic mass is 32.2. The van der Waals surface area contributed by atoms with Crippen LogP contribution in [-0.4, -0.2) is 36.1 Å². The number of pyridine rings is 1. The van der Waals surface area contributed by atoms with Crippen molar-refractivity contribution in [1.29, 1.82) is 0 Å². The first-order valence-corrected chi connectivity index (χ1v) is 7.91. The molecule has 17 heavy (non-hydrogen) atoms. The molecule has 5 nitrogen and oxygen atoms in total. The maximum atomic E-state index is 11.9. The lowest BCUT2D eigenvalue weighted by molar-refractivity contribution is 0.281. The summed E-state index contributed by atoms with van der Waals surface area (Å²) < 4.78 is 26.5. The Labute approximate surface area is 105 Å². The monoisotopic (exact) mass is 274 g/mol. The van der Waals surface area contributed by atoms with Gasteiger partial charge in [-0.15, -0.1) is 0 Å². The summed E-state index contributed by atoms with van der Waals surface area (Å²) in [5.41, 5.74) is 0.598. The lowest BCUT2D eigenvalue weighted by Gasteiger charge is -2.11. The minimum absolute atomic E-state index is 0.00400. The molecule has 1 unspecified atom stereocenters. The van der Waals surface area contributed by atoms with Crippen LogP contribution >= 0.6 is 11.8 Å². The highest BCUT2D eigenvalue weighted by Crippen LogP contribution is 2.19. The van der Waals surface area contributed by atoms with Crippen LogP contribution in [0, 0.1) is 0 Å². The zero-order chi connectivity index (χ0) is 12.3. The third-order valence-electron chi connectivity index (χ3n) is 2.51. The van der Waals surface area contributed by atoms with Crippen LogP contribution in [0.15, 0.2) is 23.4 Å². The number of rotatable bonds is 4. The summed E-state index contributed by atoms with van der Waals surface area (Å²) in [6, 6.07) is 2.98. The van der Waals surface area contributed by atoms with Crippen LogP contribution in [0.4, 0.5) is 0 Å². The summed E-state index contributed by atoms with van der Waals surface area (Å²) in [5.74, 6) is 1.80. The molecule has 94 valence electrons. The summed E-state index contributed by atoms with van der Waals surface area (Å²) in [4.78, 5) is 3.85. The van der Waals surface area contributed by atoms with Crippen LogP contribution < -0.4 is 4.72 Å². The zero-order valence-corrected chi connectivity index (χ0v) is 10.8. The molecule has 0 spiro atoms. The molecular formula is C10H14N2O3S2. The SMILES string of the molecule is O=S(=O)(NC1CCSC1)c1ccc(CO)cn1. The number of nitrogens with zero attached hydrogens (tertiary/aromatic N) is 1. The lowest BCUT2D eigenvalue weighted by Crippen LogP contribution is -2.35. The molecule has 1 saturated heterocycles. The molecule has 0 amide bonds. The minimum Gasteiger partial charge on any atom is -0.392 e. The fourth-order valence-electron chi connectivity index (χ4n) is 1.57. The molecule has 1 aliphatic heterocycles. The van der Waals surface area contributed by atoms with Crippen LogP contribution in [0.1, 0.15) is 12.0 Å². The largest absolute Gasteiger partial charge is 0.392 e. The first-order chi connectivity index (χ1) is 8.12. The lowest BCUT2D eigenvalue weighted by atomic mass is 10.3. The number of aliphatic hydroxyl groups excluding tert-OH is 1. The van der Waals surface area contributed by atoms with E-state index in [9.17, 15) is 8.42 Å². The van der Waals surface area contributed by atoms with E-state index in [0.717, 1.165) is 17.9 Å². The van der Waals surface area contributed by atoms with E-state index in [-0.39, 0.29) is 17.7 Å². The van der Waals surface area contributed by atoms with E-state index in [1.165, 1.54) is 12.3 Å². The fourth-order valence-corrected chi connectivity index (χ4v) is 4.03. The fraction of sp³-hybridized carbons (Fsp3) is 0.500. The van der Waals surface area contributed by atoms with Crippen molar-refractivity contribution < 1.29 is 13.5 Å². The summed E-state index contributed by atoms with van der Waals surface area (Å²) >= 11 is 1.74. The van der Waals surface area contributed by atoms with Gasteiger partial charge in [0.1, 0.15) is 0 Å². The van der Waals surface area contributed by atoms with Gasteiger partial charge in [0.05, 0.1) is 6.61 Å². The van der Waals surface area contributed by atoms with Gasteiger partial charge in [0.15, 0.2) is 5.03 Å². The molecule has 0 bridgehead atoms. The Bertz CT molecular complexity index is 467. The molecule has 1 aromatic heterocycles. The van der Waals surface area contributed by atoms with Crippen molar-refractivity contribution >= 4 is 21.8 Å².